The molecule has 0 aromatic rings. The van der Waals surface area contributed by atoms with E-state index in [0.29, 0.717) is 6.42 Å². The maximum Gasteiger partial charge on any atom is 0.275 e. The molecule has 0 aromatic carbocycles. The highest BCUT2D eigenvalue weighted by Crippen LogP contribution is 2.04. The Morgan fingerprint density at radius 3 is 2.20 bits per heavy atom. The average Bonchev–Trinajstić information content (AvgIpc) is 2.31. The van der Waals surface area contributed by atoms with Gasteiger partial charge in [0.2, 0.25) is 5.91 Å². The normalized spacial score (nSPS) is 13.7. The quantitative estimate of drug-likeness (QED) is 0.545. The van der Waals surface area contributed by atoms with Crippen molar-refractivity contribution in [2.45, 2.75) is 45.8 Å². The van der Waals surface area contributed by atoms with Crippen LogP contribution in [0, 0.1) is 5.92 Å². The highest BCUT2D eigenvalue weighted by molar-refractivity contribution is 5.87. The topological polar surface area (TPSA) is 119 Å². The van der Waals surface area contributed by atoms with E-state index in [1.54, 1.807) is 0 Å². The number of carbonyl (C=O) groups is 3. The third-order valence-electron chi connectivity index (χ3n) is 2.50. The van der Waals surface area contributed by atoms with Crippen LogP contribution in [0.15, 0.2) is 0 Å². The van der Waals surface area contributed by atoms with Crippen LogP contribution in [0.3, 0.4) is 0 Å². The van der Waals surface area contributed by atoms with Crippen LogP contribution < -0.4 is 16.9 Å². The predicted molar refractivity (Wildman–Crippen MR) is 71.7 cm³/mol. The highest BCUT2D eigenvalue weighted by atomic mass is 19.1. The minimum absolute atomic E-state index is 0.182. The first-order chi connectivity index (χ1) is 9.15. The SMILES string of the molecule is CC(C)C[C@H](N)C(=O)NN(CCC(N)=O)C(=O)C(C)F. The summed E-state index contributed by atoms with van der Waals surface area (Å²) in [5.41, 5.74) is 12.9. The first-order valence-corrected chi connectivity index (χ1v) is 6.45. The highest BCUT2D eigenvalue weighted by Gasteiger charge is 2.24. The Labute approximate surface area is 117 Å². The molecule has 0 aliphatic rings. The van der Waals surface area contributed by atoms with E-state index in [1.165, 1.54) is 0 Å². The second kappa shape index (κ2) is 8.47. The molecule has 0 aliphatic carbocycles. The average molecular weight is 290 g/mol. The lowest BCUT2D eigenvalue weighted by atomic mass is 10.0. The lowest BCUT2D eigenvalue weighted by Gasteiger charge is -2.25. The van der Waals surface area contributed by atoms with Crippen molar-refractivity contribution in [2.75, 3.05) is 6.54 Å². The zero-order chi connectivity index (χ0) is 15.9. The van der Waals surface area contributed by atoms with E-state index in [1.807, 2.05) is 13.8 Å². The van der Waals surface area contributed by atoms with Gasteiger partial charge in [-0.25, -0.2) is 4.39 Å². The summed E-state index contributed by atoms with van der Waals surface area (Å²) in [5.74, 6) is -2.01. The monoisotopic (exact) mass is 290 g/mol. The third kappa shape index (κ3) is 7.03. The van der Waals surface area contributed by atoms with E-state index in [4.69, 9.17) is 11.5 Å². The Bertz CT molecular complexity index is 361. The minimum atomic E-state index is -1.80. The van der Waals surface area contributed by atoms with Gasteiger partial charge in [-0.2, -0.15) is 0 Å². The van der Waals surface area contributed by atoms with Crippen LogP contribution in [0.5, 0.6) is 0 Å². The van der Waals surface area contributed by atoms with Gasteiger partial charge in [0.05, 0.1) is 12.6 Å². The third-order valence-corrected chi connectivity index (χ3v) is 2.50. The number of halogens is 1. The Morgan fingerprint density at radius 1 is 1.25 bits per heavy atom. The van der Waals surface area contributed by atoms with Crippen LogP contribution in [-0.2, 0) is 14.4 Å². The lowest BCUT2D eigenvalue weighted by Crippen LogP contribution is -2.54. The largest absolute Gasteiger partial charge is 0.370 e. The molecular weight excluding hydrogens is 267 g/mol. The number of primary amides is 1. The number of carbonyl (C=O) groups excluding carboxylic acids is 3. The van der Waals surface area contributed by atoms with E-state index in [9.17, 15) is 18.8 Å². The standard InChI is InChI=1S/C12H23FN4O3/c1-7(2)6-9(14)11(19)16-17(5-4-10(15)18)12(20)8(3)13/h7-9H,4-6,14H2,1-3H3,(H2,15,18)(H,16,19)/t8?,9-/m0/s1. The summed E-state index contributed by atoms with van der Waals surface area (Å²) in [6, 6.07) is -0.811. The molecule has 5 N–H and O–H groups in total. The van der Waals surface area contributed by atoms with Gasteiger partial charge in [-0.15, -0.1) is 0 Å². The fourth-order valence-corrected chi connectivity index (χ4v) is 1.49. The summed E-state index contributed by atoms with van der Waals surface area (Å²) in [6.45, 7) is 4.64. The van der Waals surface area contributed by atoms with Gasteiger partial charge >= 0.3 is 0 Å². The number of nitrogens with zero attached hydrogens (tertiary/aromatic N) is 1. The lowest BCUT2D eigenvalue weighted by molar-refractivity contribution is -0.146. The Balaban J connectivity index is 4.66. The molecule has 0 rings (SSSR count). The number of nitrogens with one attached hydrogen (secondary N) is 1. The van der Waals surface area contributed by atoms with E-state index >= 15 is 0 Å². The van der Waals surface area contributed by atoms with Crippen molar-refractivity contribution in [2.24, 2.45) is 17.4 Å². The second-order valence-electron chi connectivity index (χ2n) is 5.03. The number of amides is 3. The maximum absolute atomic E-state index is 13.0. The van der Waals surface area contributed by atoms with Crippen LogP contribution in [0.4, 0.5) is 4.39 Å². The van der Waals surface area contributed by atoms with Gasteiger partial charge in [0.25, 0.3) is 11.8 Å². The van der Waals surface area contributed by atoms with E-state index in [0.717, 1.165) is 11.9 Å². The van der Waals surface area contributed by atoms with Crippen molar-refractivity contribution in [1.29, 1.82) is 0 Å². The van der Waals surface area contributed by atoms with Gasteiger partial charge in [-0.05, 0) is 19.3 Å². The van der Waals surface area contributed by atoms with E-state index in [-0.39, 0.29) is 18.9 Å². The summed E-state index contributed by atoms with van der Waals surface area (Å²) >= 11 is 0. The van der Waals surface area contributed by atoms with Gasteiger partial charge < -0.3 is 11.5 Å². The predicted octanol–water partition coefficient (Wildman–Crippen LogP) is -0.547. The maximum atomic E-state index is 13.0. The molecule has 0 saturated carbocycles. The van der Waals surface area contributed by atoms with E-state index in [2.05, 4.69) is 5.43 Å². The van der Waals surface area contributed by atoms with Crippen molar-refractivity contribution in [3.05, 3.63) is 0 Å². The molecule has 20 heavy (non-hydrogen) atoms. The first-order valence-electron chi connectivity index (χ1n) is 6.45. The van der Waals surface area contributed by atoms with E-state index < -0.39 is 29.9 Å². The number of hydrogen-bond acceptors (Lipinski definition) is 4. The zero-order valence-electron chi connectivity index (χ0n) is 12.1. The summed E-state index contributed by atoms with van der Waals surface area (Å²) in [5, 5.41) is 0.748. The van der Waals surface area contributed by atoms with Crippen molar-refractivity contribution in [3.8, 4) is 0 Å². The second-order valence-corrected chi connectivity index (χ2v) is 5.03. The summed E-state index contributed by atoms with van der Waals surface area (Å²) in [4.78, 5) is 34.1. The zero-order valence-corrected chi connectivity index (χ0v) is 12.1. The number of hydrogen-bond donors (Lipinski definition) is 3. The molecule has 0 aliphatic heterocycles. The Kier molecular flexibility index (Phi) is 7.75. The molecule has 0 fully saturated rings. The molecule has 116 valence electrons. The molecule has 1 unspecified atom stereocenters. The number of nitrogens with two attached hydrogens (primary N) is 2. The molecule has 0 radical (unpaired) electrons. The molecular formula is C12H23FN4O3. The number of hydrazine groups is 1. The summed E-state index contributed by atoms with van der Waals surface area (Å²) < 4.78 is 13.0. The van der Waals surface area contributed by atoms with Crippen LogP contribution in [0.2, 0.25) is 0 Å². The van der Waals surface area contributed by atoms with Crippen LogP contribution >= 0.6 is 0 Å². The van der Waals surface area contributed by atoms with Crippen molar-refractivity contribution >= 4 is 17.7 Å². The first kappa shape index (κ1) is 18.3. The molecule has 0 saturated heterocycles. The van der Waals surface area contributed by atoms with Gasteiger partial charge in [0, 0.05) is 6.42 Å². The molecule has 0 heterocycles. The smallest absolute Gasteiger partial charge is 0.275 e. The van der Waals surface area contributed by atoms with Crippen molar-refractivity contribution in [3.63, 3.8) is 0 Å². The van der Waals surface area contributed by atoms with Gasteiger partial charge in [0.15, 0.2) is 6.17 Å². The molecule has 8 heteroatoms. The van der Waals surface area contributed by atoms with Crippen molar-refractivity contribution < 1.29 is 18.8 Å². The van der Waals surface area contributed by atoms with Gasteiger partial charge in [-0.1, -0.05) is 13.8 Å². The summed E-state index contributed by atoms with van der Waals surface area (Å²) in [7, 11) is 0. The molecule has 0 bridgehead atoms. The van der Waals surface area contributed by atoms with Crippen molar-refractivity contribution in [1.82, 2.24) is 10.4 Å². The van der Waals surface area contributed by atoms with Gasteiger partial charge in [-0.3, -0.25) is 24.8 Å². The molecule has 7 nitrogen and oxygen atoms in total. The van der Waals surface area contributed by atoms with Crippen LogP contribution in [-0.4, -0.2) is 41.5 Å². The minimum Gasteiger partial charge on any atom is -0.370 e. The Hall–Kier alpha value is -1.70. The fourth-order valence-electron chi connectivity index (χ4n) is 1.49. The molecule has 2 atom stereocenters. The fraction of sp³-hybridized carbons (Fsp3) is 0.750. The molecule has 0 spiro atoms. The number of alkyl halides is 1. The Morgan fingerprint density at radius 2 is 1.80 bits per heavy atom. The number of rotatable bonds is 7. The molecule has 0 aromatic heterocycles. The summed E-state index contributed by atoms with van der Waals surface area (Å²) in [6.07, 6.45) is -1.56. The van der Waals surface area contributed by atoms with Gasteiger partial charge in [0.1, 0.15) is 0 Å². The molecule has 3 amide bonds. The van der Waals surface area contributed by atoms with Crippen LogP contribution in [0.25, 0.3) is 0 Å². The van der Waals surface area contributed by atoms with Crippen LogP contribution in [0.1, 0.15) is 33.6 Å².